The first-order chi connectivity index (χ1) is 9.79. The molecule has 1 aliphatic carbocycles. The second kappa shape index (κ2) is 5.83. The SMILES string of the molecule is CNC1CCCC1CCN1C(=O)COc2ccccc21. The number of benzene rings is 1. The number of fused-ring (bicyclic) bond motifs is 1. The molecule has 20 heavy (non-hydrogen) atoms. The van der Waals surface area contributed by atoms with Crippen molar-refractivity contribution in [3.05, 3.63) is 24.3 Å². The summed E-state index contributed by atoms with van der Waals surface area (Å²) in [6, 6.07) is 8.42. The number of nitrogens with zero attached hydrogens (tertiary/aromatic N) is 1. The fraction of sp³-hybridized carbons (Fsp3) is 0.562. The Morgan fingerprint density at radius 3 is 3.05 bits per heavy atom. The van der Waals surface area contributed by atoms with Crippen LogP contribution in [0.1, 0.15) is 25.7 Å². The topological polar surface area (TPSA) is 41.6 Å². The largest absolute Gasteiger partial charge is 0.482 e. The van der Waals surface area contributed by atoms with Gasteiger partial charge in [-0.2, -0.15) is 0 Å². The van der Waals surface area contributed by atoms with Crippen molar-refractivity contribution in [2.75, 3.05) is 25.1 Å². The predicted molar refractivity (Wildman–Crippen MR) is 79.1 cm³/mol. The molecule has 1 aliphatic heterocycles. The van der Waals surface area contributed by atoms with Gasteiger partial charge in [0.25, 0.3) is 5.91 Å². The van der Waals surface area contributed by atoms with E-state index in [2.05, 4.69) is 5.32 Å². The molecule has 0 radical (unpaired) electrons. The number of hydrogen-bond acceptors (Lipinski definition) is 3. The maximum Gasteiger partial charge on any atom is 0.265 e. The molecule has 0 bridgehead atoms. The van der Waals surface area contributed by atoms with Gasteiger partial charge in [0.15, 0.2) is 6.61 Å². The van der Waals surface area contributed by atoms with Gasteiger partial charge in [0, 0.05) is 12.6 Å². The van der Waals surface area contributed by atoms with Gasteiger partial charge in [0.05, 0.1) is 5.69 Å². The zero-order valence-electron chi connectivity index (χ0n) is 12.0. The molecule has 2 aliphatic rings. The molecule has 1 N–H and O–H groups in total. The van der Waals surface area contributed by atoms with Crippen molar-refractivity contribution >= 4 is 11.6 Å². The highest BCUT2D eigenvalue weighted by Gasteiger charge is 2.29. The number of nitrogens with one attached hydrogen (secondary N) is 1. The van der Waals surface area contributed by atoms with Gasteiger partial charge in [0.1, 0.15) is 5.75 Å². The van der Waals surface area contributed by atoms with Crippen LogP contribution in [0.15, 0.2) is 24.3 Å². The van der Waals surface area contributed by atoms with Gasteiger partial charge in [-0.05, 0) is 44.4 Å². The van der Waals surface area contributed by atoms with E-state index in [0.717, 1.165) is 24.4 Å². The summed E-state index contributed by atoms with van der Waals surface area (Å²) in [4.78, 5) is 14.0. The first kappa shape index (κ1) is 13.4. The van der Waals surface area contributed by atoms with E-state index in [1.807, 2.05) is 36.2 Å². The Bertz CT molecular complexity index is 489. The van der Waals surface area contributed by atoms with Gasteiger partial charge in [-0.1, -0.05) is 18.6 Å². The van der Waals surface area contributed by atoms with Crippen molar-refractivity contribution in [1.82, 2.24) is 5.32 Å². The fourth-order valence-electron chi connectivity index (χ4n) is 3.46. The number of hydrogen-bond donors (Lipinski definition) is 1. The van der Waals surface area contributed by atoms with Crippen LogP contribution in [0.5, 0.6) is 5.75 Å². The molecule has 1 aromatic rings. The van der Waals surface area contributed by atoms with Crippen LogP contribution < -0.4 is 15.0 Å². The summed E-state index contributed by atoms with van der Waals surface area (Å²) in [5.74, 6) is 1.58. The Morgan fingerprint density at radius 1 is 1.35 bits per heavy atom. The highest BCUT2D eigenvalue weighted by Crippen LogP contribution is 2.33. The number of para-hydroxylation sites is 2. The van der Waals surface area contributed by atoms with Crippen LogP contribution in [-0.2, 0) is 4.79 Å². The van der Waals surface area contributed by atoms with Crippen LogP contribution in [0.4, 0.5) is 5.69 Å². The minimum Gasteiger partial charge on any atom is -0.482 e. The van der Waals surface area contributed by atoms with E-state index in [9.17, 15) is 4.79 Å². The molecule has 2 atom stereocenters. The second-order valence-corrected chi connectivity index (χ2v) is 5.68. The molecule has 2 unspecified atom stereocenters. The lowest BCUT2D eigenvalue weighted by molar-refractivity contribution is -0.121. The first-order valence-electron chi connectivity index (χ1n) is 7.49. The lowest BCUT2D eigenvalue weighted by Crippen LogP contribution is -2.41. The second-order valence-electron chi connectivity index (χ2n) is 5.68. The van der Waals surface area contributed by atoms with Crippen molar-refractivity contribution in [3.8, 4) is 5.75 Å². The number of carbonyl (C=O) groups is 1. The van der Waals surface area contributed by atoms with Gasteiger partial charge < -0.3 is 15.0 Å². The number of rotatable bonds is 4. The van der Waals surface area contributed by atoms with Crippen LogP contribution in [-0.4, -0.2) is 32.1 Å². The third-order valence-electron chi connectivity index (χ3n) is 4.56. The Balaban J connectivity index is 1.69. The maximum absolute atomic E-state index is 12.1. The van der Waals surface area contributed by atoms with Crippen LogP contribution in [0.25, 0.3) is 0 Å². The maximum atomic E-state index is 12.1. The molecule has 1 amide bonds. The summed E-state index contributed by atoms with van der Waals surface area (Å²) in [6.07, 6.45) is 4.88. The molecular weight excluding hydrogens is 252 g/mol. The molecule has 0 spiro atoms. The Hall–Kier alpha value is -1.55. The van der Waals surface area contributed by atoms with E-state index < -0.39 is 0 Å². The number of carbonyl (C=O) groups excluding carboxylic acids is 1. The highest BCUT2D eigenvalue weighted by molar-refractivity contribution is 5.97. The van der Waals surface area contributed by atoms with E-state index in [-0.39, 0.29) is 12.5 Å². The van der Waals surface area contributed by atoms with Gasteiger partial charge in [-0.25, -0.2) is 0 Å². The third kappa shape index (κ3) is 2.52. The van der Waals surface area contributed by atoms with Gasteiger partial charge in [-0.3, -0.25) is 4.79 Å². The minimum atomic E-state index is 0.0719. The summed E-state index contributed by atoms with van der Waals surface area (Å²) >= 11 is 0. The Morgan fingerprint density at radius 2 is 2.20 bits per heavy atom. The monoisotopic (exact) mass is 274 g/mol. The van der Waals surface area contributed by atoms with E-state index in [0.29, 0.717) is 12.0 Å². The zero-order valence-corrected chi connectivity index (χ0v) is 12.0. The predicted octanol–water partition coefficient (Wildman–Crippen LogP) is 2.19. The van der Waals surface area contributed by atoms with Crippen molar-refractivity contribution in [2.45, 2.75) is 31.7 Å². The molecule has 108 valence electrons. The quantitative estimate of drug-likeness (QED) is 0.915. The van der Waals surface area contributed by atoms with Crippen molar-refractivity contribution in [3.63, 3.8) is 0 Å². The van der Waals surface area contributed by atoms with Crippen LogP contribution in [0.3, 0.4) is 0 Å². The van der Waals surface area contributed by atoms with Gasteiger partial charge in [-0.15, -0.1) is 0 Å². The molecule has 4 nitrogen and oxygen atoms in total. The lowest BCUT2D eigenvalue weighted by atomic mass is 9.99. The zero-order chi connectivity index (χ0) is 13.9. The van der Waals surface area contributed by atoms with Crippen LogP contribution in [0, 0.1) is 5.92 Å². The standard InChI is InChI=1S/C16H22N2O2/c1-17-13-6-4-5-12(13)9-10-18-14-7-2-3-8-15(14)20-11-16(18)19/h2-3,7-8,12-13,17H,4-6,9-11H2,1H3. The third-order valence-corrected chi connectivity index (χ3v) is 4.56. The van der Waals surface area contributed by atoms with Crippen molar-refractivity contribution < 1.29 is 9.53 Å². The summed E-state index contributed by atoms with van der Waals surface area (Å²) in [6.45, 7) is 0.958. The number of amides is 1. The smallest absolute Gasteiger partial charge is 0.265 e. The molecule has 1 heterocycles. The van der Waals surface area contributed by atoms with Gasteiger partial charge in [0.2, 0.25) is 0 Å². The molecule has 1 saturated carbocycles. The van der Waals surface area contributed by atoms with Crippen molar-refractivity contribution in [2.24, 2.45) is 5.92 Å². The Kier molecular flexibility index (Phi) is 3.92. The van der Waals surface area contributed by atoms with E-state index in [1.54, 1.807) is 0 Å². The first-order valence-corrected chi connectivity index (χ1v) is 7.49. The average Bonchev–Trinajstić information content (AvgIpc) is 2.94. The van der Waals surface area contributed by atoms with Gasteiger partial charge >= 0.3 is 0 Å². The van der Waals surface area contributed by atoms with E-state index >= 15 is 0 Å². The number of anilines is 1. The van der Waals surface area contributed by atoms with E-state index in [1.165, 1.54) is 19.3 Å². The summed E-state index contributed by atoms with van der Waals surface area (Å²) in [5.41, 5.74) is 0.919. The lowest BCUT2D eigenvalue weighted by Gasteiger charge is -2.31. The Labute approximate surface area is 120 Å². The molecule has 0 aromatic heterocycles. The molecule has 3 rings (SSSR count). The number of ether oxygens (including phenoxy) is 1. The van der Waals surface area contributed by atoms with E-state index in [4.69, 9.17) is 4.74 Å². The average molecular weight is 274 g/mol. The van der Waals surface area contributed by atoms with Crippen LogP contribution in [0.2, 0.25) is 0 Å². The molecule has 0 saturated heterocycles. The summed E-state index contributed by atoms with van der Waals surface area (Å²) in [5, 5.41) is 3.40. The van der Waals surface area contributed by atoms with Crippen molar-refractivity contribution in [1.29, 1.82) is 0 Å². The molecule has 4 heteroatoms. The molecule has 1 fully saturated rings. The molecule has 1 aromatic carbocycles. The van der Waals surface area contributed by atoms with Crippen LogP contribution >= 0.6 is 0 Å². The highest BCUT2D eigenvalue weighted by atomic mass is 16.5. The fourth-order valence-corrected chi connectivity index (χ4v) is 3.46. The summed E-state index contributed by atoms with van der Waals surface area (Å²) < 4.78 is 5.48. The molecular formula is C16H22N2O2. The normalized spacial score (nSPS) is 25.4. The minimum absolute atomic E-state index is 0.0719. The summed E-state index contributed by atoms with van der Waals surface area (Å²) in [7, 11) is 2.04.